The first-order chi connectivity index (χ1) is 9.15. The number of rotatable bonds is 3. The molecule has 0 saturated carbocycles. The fourth-order valence-electron chi connectivity index (χ4n) is 2.35. The van der Waals surface area contributed by atoms with Crippen LogP contribution in [0.25, 0.3) is 16.9 Å². The number of alkyl halides is 1. The number of nitrogens with zero attached hydrogens (tertiary/aromatic N) is 6. The van der Waals surface area contributed by atoms with Crippen molar-refractivity contribution in [1.82, 2.24) is 29.1 Å². The Morgan fingerprint density at radius 1 is 1.32 bits per heavy atom. The Hall–Kier alpha value is -1.82. The van der Waals surface area contributed by atoms with Crippen molar-refractivity contribution in [3.05, 3.63) is 23.9 Å². The average Bonchev–Trinajstić information content (AvgIpc) is 3.04. The van der Waals surface area contributed by atoms with Gasteiger partial charge in [0.05, 0.1) is 23.5 Å². The number of fused-ring (bicyclic) bond motifs is 1. The van der Waals surface area contributed by atoms with Crippen LogP contribution in [0.3, 0.4) is 0 Å². The molecule has 3 aromatic heterocycles. The van der Waals surface area contributed by atoms with Crippen LogP contribution in [0.15, 0.2) is 12.4 Å². The maximum atomic E-state index is 6.02. The summed E-state index contributed by atoms with van der Waals surface area (Å²) in [7, 11) is 3.81. The van der Waals surface area contributed by atoms with Crippen molar-refractivity contribution in [3.8, 4) is 5.69 Å². The first kappa shape index (κ1) is 12.2. The zero-order chi connectivity index (χ0) is 13.6. The molecule has 3 heterocycles. The molecule has 0 aliphatic heterocycles. The average molecular weight is 279 g/mol. The lowest BCUT2D eigenvalue weighted by molar-refractivity contribution is 0.743. The van der Waals surface area contributed by atoms with Gasteiger partial charge in [-0.05, 0) is 6.42 Å². The molecule has 6 nitrogen and oxygen atoms in total. The van der Waals surface area contributed by atoms with E-state index in [1.165, 1.54) is 0 Å². The Morgan fingerprint density at radius 2 is 2.11 bits per heavy atom. The number of hydrogen-bond acceptors (Lipinski definition) is 3. The summed E-state index contributed by atoms with van der Waals surface area (Å²) in [6.07, 6.45) is 4.59. The molecule has 0 bridgehead atoms. The van der Waals surface area contributed by atoms with E-state index in [9.17, 15) is 0 Å². The first-order valence-corrected chi connectivity index (χ1v) is 6.67. The van der Waals surface area contributed by atoms with Crippen molar-refractivity contribution in [3.63, 3.8) is 0 Å². The van der Waals surface area contributed by atoms with Crippen LogP contribution in [-0.4, -0.2) is 29.1 Å². The second-order valence-corrected chi connectivity index (χ2v) is 4.73. The Labute approximate surface area is 115 Å². The summed E-state index contributed by atoms with van der Waals surface area (Å²) >= 11 is 6.02. The Kier molecular flexibility index (Phi) is 2.82. The Balaban J connectivity index is 2.35. The van der Waals surface area contributed by atoms with Gasteiger partial charge in [-0.1, -0.05) is 6.92 Å². The van der Waals surface area contributed by atoms with Crippen LogP contribution in [-0.2, 0) is 26.4 Å². The summed E-state index contributed by atoms with van der Waals surface area (Å²) in [5.74, 6) is 1.17. The summed E-state index contributed by atoms with van der Waals surface area (Å²) < 4.78 is 5.63. The van der Waals surface area contributed by atoms with Gasteiger partial charge in [0, 0.05) is 20.3 Å². The second kappa shape index (κ2) is 4.38. The van der Waals surface area contributed by atoms with E-state index < -0.39 is 0 Å². The quantitative estimate of drug-likeness (QED) is 0.687. The van der Waals surface area contributed by atoms with Crippen molar-refractivity contribution < 1.29 is 0 Å². The Morgan fingerprint density at radius 3 is 2.68 bits per heavy atom. The van der Waals surface area contributed by atoms with Crippen LogP contribution in [0, 0.1) is 0 Å². The molecule has 3 aromatic rings. The number of aryl methyl sites for hydroxylation is 3. The molecular formula is C12H15ClN6. The van der Waals surface area contributed by atoms with Gasteiger partial charge in [0.1, 0.15) is 11.3 Å². The van der Waals surface area contributed by atoms with E-state index >= 15 is 0 Å². The molecule has 0 unspecified atom stereocenters. The van der Waals surface area contributed by atoms with E-state index in [0.717, 1.165) is 34.8 Å². The third-order valence-corrected chi connectivity index (χ3v) is 3.42. The molecule has 3 rings (SSSR count). The molecule has 0 N–H and O–H groups in total. The molecule has 19 heavy (non-hydrogen) atoms. The van der Waals surface area contributed by atoms with E-state index in [1.54, 1.807) is 10.9 Å². The molecule has 0 saturated heterocycles. The number of halogens is 1. The molecule has 0 aliphatic carbocycles. The third-order valence-electron chi connectivity index (χ3n) is 3.18. The minimum absolute atomic E-state index is 0.354. The highest BCUT2D eigenvalue weighted by atomic mass is 35.5. The van der Waals surface area contributed by atoms with Crippen LogP contribution >= 0.6 is 11.6 Å². The first-order valence-electron chi connectivity index (χ1n) is 6.13. The topological polar surface area (TPSA) is 53.5 Å². The molecule has 0 radical (unpaired) electrons. The van der Waals surface area contributed by atoms with Gasteiger partial charge in [0.25, 0.3) is 0 Å². The van der Waals surface area contributed by atoms with Crippen LogP contribution in [0.4, 0.5) is 0 Å². The second-order valence-electron chi connectivity index (χ2n) is 4.47. The molecular weight excluding hydrogens is 264 g/mol. The van der Waals surface area contributed by atoms with E-state index in [-0.39, 0.29) is 0 Å². The lowest BCUT2D eigenvalue weighted by atomic mass is 10.3. The van der Waals surface area contributed by atoms with Gasteiger partial charge in [-0.25, -0.2) is 9.67 Å². The van der Waals surface area contributed by atoms with Crippen molar-refractivity contribution in [2.75, 3.05) is 0 Å². The van der Waals surface area contributed by atoms with E-state index in [0.29, 0.717) is 5.88 Å². The van der Waals surface area contributed by atoms with Gasteiger partial charge in [-0.15, -0.1) is 11.6 Å². The lowest BCUT2D eigenvalue weighted by Crippen LogP contribution is -2.03. The fourth-order valence-corrected chi connectivity index (χ4v) is 2.53. The molecule has 0 aliphatic rings. The van der Waals surface area contributed by atoms with Crippen molar-refractivity contribution in [2.24, 2.45) is 14.1 Å². The van der Waals surface area contributed by atoms with E-state index in [1.807, 2.05) is 29.5 Å². The minimum atomic E-state index is 0.354. The monoisotopic (exact) mass is 278 g/mol. The minimum Gasteiger partial charge on any atom is -0.277 e. The number of aromatic nitrogens is 6. The smallest absolute Gasteiger partial charge is 0.163 e. The van der Waals surface area contributed by atoms with Gasteiger partial charge >= 0.3 is 0 Å². The van der Waals surface area contributed by atoms with Gasteiger partial charge < -0.3 is 0 Å². The summed E-state index contributed by atoms with van der Waals surface area (Å²) in [5.41, 5.74) is 3.82. The predicted molar refractivity (Wildman–Crippen MR) is 73.5 cm³/mol. The molecule has 0 aromatic carbocycles. The highest BCUT2D eigenvalue weighted by Crippen LogP contribution is 2.24. The SMILES string of the molecule is CCc1nn(C)c2c1nc(CCl)n2-c1cnn(C)c1. The van der Waals surface area contributed by atoms with Crippen LogP contribution in [0.5, 0.6) is 0 Å². The lowest BCUT2D eigenvalue weighted by Gasteiger charge is -2.04. The maximum Gasteiger partial charge on any atom is 0.163 e. The predicted octanol–water partition coefficient (Wildman–Crippen LogP) is 1.79. The van der Waals surface area contributed by atoms with Crippen molar-refractivity contribution in [2.45, 2.75) is 19.2 Å². The summed E-state index contributed by atoms with van der Waals surface area (Å²) in [5, 5.41) is 8.71. The summed E-state index contributed by atoms with van der Waals surface area (Å²) in [4.78, 5) is 4.62. The van der Waals surface area contributed by atoms with Gasteiger partial charge in [-0.3, -0.25) is 9.25 Å². The number of imidazole rings is 1. The maximum absolute atomic E-state index is 6.02. The molecule has 0 fully saturated rings. The van der Waals surface area contributed by atoms with Crippen molar-refractivity contribution >= 4 is 22.8 Å². The highest BCUT2D eigenvalue weighted by molar-refractivity contribution is 6.17. The fraction of sp³-hybridized carbons (Fsp3) is 0.417. The Bertz CT molecular complexity index is 735. The van der Waals surface area contributed by atoms with E-state index in [4.69, 9.17) is 11.6 Å². The summed E-state index contributed by atoms with van der Waals surface area (Å²) in [6, 6.07) is 0. The third kappa shape index (κ3) is 1.74. The molecule has 100 valence electrons. The van der Waals surface area contributed by atoms with Crippen LogP contribution in [0.1, 0.15) is 18.4 Å². The normalized spacial score (nSPS) is 11.6. The largest absolute Gasteiger partial charge is 0.277 e. The highest BCUT2D eigenvalue weighted by Gasteiger charge is 2.19. The zero-order valence-corrected chi connectivity index (χ0v) is 11.9. The standard InChI is InChI=1S/C12H15ClN6/c1-4-9-11-12(18(3)16-9)19(10(5-13)15-11)8-6-14-17(2)7-8/h6-7H,4-5H2,1-3H3. The van der Waals surface area contributed by atoms with Crippen molar-refractivity contribution in [1.29, 1.82) is 0 Å². The molecule has 0 amide bonds. The summed E-state index contributed by atoms with van der Waals surface area (Å²) in [6.45, 7) is 2.07. The number of hydrogen-bond donors (Lipinski definition) is 0. The molecule has 7 heteroatoms. The van der Waals surface area contributed by atoms with Gasteiger partial charge in [-0.2, -0.15) is 10.2 Å². The van der Waals surface area contributed by atoms with Crippen LogP contribution < -0.4 is 0 Å². The van der Waals surface area contributed by atoms with Gasteiger partial charge in [0.2, 0.25) is 0 Å². The molecule has 0 atom stereocenters. The zero-order valence-electron chi connectivity index (χ0n) is 11.1. The van der Waals surface area contributed by atoms with E-state index in [2.05, 4.69) is 22.1 Å². The van der Waals surface area contributed by atoms with Crippen LogP contribution in [0.2, 0.25) is 0 Å². The van der Waals surface area contributed by atoms with Gasteiger partial charge in [0.15, 0.2) is 5.65 Å². The molecule has 0 spiro atoms.